The van der Waals surface area contributed by atoms with Gasteiger partial charge in [0.1, 0.15) is 11.4 Å². The maximum absolute atomic E-state index is 12.7. The molecule has 2 aliphatic rings. The van der Waals surface area contributed by atoms with E-state index in [9.17, 15) is 9.59 Å². The standard InChI is InChI=1S/C18H24N2O2S/c1-13(21)20-16(17(22)19-15-10-6-3-7-11-15)12-23-18(20)14-8-4-2-5-9-14/h2,4-5,8-9,15-16,18H,3,6-7,10-12H2,1H3,(H,19,22)/t16-,18-/m1/s1. The molecule has 1 N–H and O–H groups in total. The van der Waals surface area contributed by atoms with Gasteiger partial charge in [-0.05, 0) is 18.4 Å². The summed E-state index contributed by atoms with van der Waals surface area (Å²) in [5.41, 5.74) is 1.08. The third kappa shape index (κ3) is 3.71. The molecule has 0 radical (unpaired) electrons. The molecule has 23 heavy (non-hydrogen) atoms. The van der Waals surface area contributed by atoms with E-state index < -0.39 is 0 Å². The Bertz CT molecular complexity index is 557. The highest BCUT2D eigenvalue weighted by molar-refractivity contribution is 7.99. The van der Waals surface area contributed by atoms with Crippen LogP contribution in [-0.4, -0.2) is 34.6 Å². The van der Waals surface area contributed by atoms with Crippen molar-refractivity contribution >= 4 is 23.6 Å². The molecular weight excluding hydrogens is 308 g/mol. The summed E-state index contributed by atoms with van der Waals surface area (Å²) in [7, 11) is 0. The van der Waals surface area contributed by atoms with Crippen LogP contribution in [0.4, 0.5) is 0 Å². The molecule has 3 rings (SSSR count). The summed E-state index contributed by atoms with van der Waals surface area (Å²) < 4.78 is 0. The van der Waals surface area contributed by atoms with Crippen LogP contribution in [0.2, 0.25) is 0 Å². The third-order valence-corrected chi connectivity index (χ3v) is 6.03. The van der Waals surface area contributed by atoms with Crippen molar-refractivity contribution in [1.29, 1.82) is 0 Å². The van der Waals surface area contributed by atoms with E-state index in [1.54, 1.807) is 23.6 Å². The highest BCUT2D eigenvalue weighted by Gasteiger charge is 2.41. The summed E-state index contributed by atoms with van der Waals surface area (Å²) in [4.78, 5) is 26.6. The van der Waals surface area contributed by atoms with E-state index in [0.717, 1.165) is 18.4 Å². The summed E-state index contributed by atoms with van der Waals surface area (Å²) >= 11 is 1.67. The normalized spacial score (nSPS) is 25.3. The lowest BCUT2D eigenvalue weighted by Gasteiger charge is -2.30. The Balaban J connectivity index is 1.71. The van der Waals surface area contributed by atoms with Crippen LogP contribution < -0.4 is 5.32 Å². The number of nitrogens with one attached hydrogen (secondary N) is 1. The zero-order valence-electron chi connectivity index (χ0n) is 13.5. The molecule has 4 nitrogen and oxygen atoms in total. The molecule has 0 bridgehead atoms. The van der Waals surface area contributed by atoms with Gasteiger partial charge in [-0.3, -0.25) is 9.59 Å². The number of thioether (sulfide) groups is 1. The van der Waals surface area contributed by atoms with Gasteiger partial charge in [0.05, 0.1) is 0 Å². The molecule has 0 aromatic heterocycles. The second-order valence-corrected chi connectivity index (χ2v) is 7.50. The van der Waals surface area contributed by atoms with Crippen LogP contribution in [0.5, 0.6) is 0 Å². The molecule has 1 saturated carbocycles. The zero-order chi connectivity index (χ0) is 16.2. The van der Waals surface area contributed by atoms with Crippen molar-refractivity contribution in [2.75, 3.05) is 5.75 Å². The van der Waals surface area contributed by atoms with E-state index in [1.807, 2.05) is 30.3 Å². The van der Waals surface area contributed by atoms with Crippen molar-refractivity contribution in [2.24, 2.45) is 0 Å². The largest absolute Gasteiger partial charge is 0.352 e. The van der Waals surface area contributed by atoms with Crippen LogP contribution in [0.1, 0.15) is 50.0 Å². The van der Waals surface area contributed by atoms with E-state index >= 15 is 0 Å². The van der Waals surface area contributed by atoms with Gasteiger partial charge in [-0.2, -0.15) is 0 Å². The van der Waals surface area contributed by atoms with Gasteiger partial charge >= 0.3 is 0 Å². The third-order valence-electron chi connectivity index (χ3n) is 4.70. The zero-order valence-corrected chi connectivity index (χ0v) is 14.3. The van der Waals surface area contributed by atoms with Crippen LogP contribution in [0.3, 0.4) is 0 Å². The van der Waals surface area contributed by atoms with E-state index in [2.05, 4.69) is 5.32 Å². The minimum atomic E-state index is -0.357. The van der Waals surface area contributed by atoms with Gasteiger partial charge in [-0.25, -0.2) is 0 Å². The fourth-order valence-electron chi connectivity index (χ4n) is 3.51. The quantitative estimate of drug-likeness (QED) is 0.925. The van der Waals surface area contributed by atoms with Gasteiger partial charge in [-0.1, -0.05) is 49.6 Å². The van der Waals surface area contributed by atoms with Gasteiger partial charge < -0.3 is 10.2 Å². The molecule has 1 aliphatic heterocycles. The van der Waals surface area contributed by atoms with E-state index in [0.29, 0.717) is 5.75 Å². The molecular formula is C18H24N2O2S. The minimum absolute atomic E-state index is 0.0121. The monoisotopic (exact) mass is 332 g/mol. The molecule has 1 saturated heterocycles. The number of carbonyl (C=O) groups excluding carboxylic acids is 2. The average Bonchev–Trinajstić information content (AvgIpc) is 3.02. The smallest absolute Gasteiger partial charge is 0.243 e. The molecule has 124 valence electrons. The first-order valence-corrected chi connectivity index (χ1v) is 9.47. The Morgan fingerprint density at radius 2 is 1.83 bits per heavy atom. The highest BCUT2D eigenvalue weighted by atomic mass is 32.2. The van der Waals surface area contributed by atoms with Crippen LogP contribution >= 0.6 is 11.8 Å². The number of nitrogens with zero attached hydrogens (tertiary/aromatic N) is 1. The van der Waals surface area contributed by atoms with Crippen molar-refractivity contribution in [3.63, 3.8) is 0 Å². The van der Waals surface area contributed by atoms with E-state index in [4.69, 9.17) is 0 Å². The molecule has 5 heteroatoms. The first-order chi connectivity index (χ1) is 11.2. The number of amides is 2. The molecule has 2 fully saturated rings. The van der Waals surface area contributed by atoms with Crippen molar-refractivity contribution in [2.45, 2.75) is 56.5 Å². The van der Waals surface area contributed by atoms with Crippen molar-refractivity contribution in [1.82, 2.24) is 10.2 Å². The summed E-state index contributed by atoms with van der Waals surface area (Å²) in [6.45, 7) is 1.56. The molecule has 0 unspecified atom stereocenters. The summed E-state index contributed by atoms with van der Waals surface area (Å²) in [6.07, 6.45) is 5.77. The van der Waals surface area contributed by atoms with Crippen molar-refractivity contribution < 1.29 is 9.59 Å². The van der Waals surface area contributed by atoms with Crippen LogP contribution in [0.15, 0.2) is 30.3 Å². The predicted molar refractivity (Wildman–Crippen MR) is 93.0 cm³/mol. The second kappa shape index (κ2) is 7.39. The molecule has 1 aromatic carbocycles. The SMILES string of the molecule is CC(=O)N1[C@@H](C(=O)NC2CCCCC2)CS[C@@H]1c1ccccc1. The Kier molecular flexibility index (Phi) is 5.26. The number of hydrogen-bond acceptors (Lipinski definition) is 3. The number of rotatable bonds is 3. The van der Waals surface area contributed by atoms with Gasteiger partial charge in [0.2, 0.25) is 11.8 Å². The first-order valence-electron chi connectivity index (χ1n) is 8.42. The van der Waals surface area contributed by atoms with Gasteiger partial charge in [0.15, 0.2) is 0 Å². The molecule has 1 aliphatic carbocycles. The summed E-state index contributed by atoms with van der Waals surface area (Å²) in [5.74, 6) is 0.642. The van der Waals surface area contributed by atoms with E-state index in [1.165, 1.54) is 19.3 Å². The summed E-state index contributed by atoms with van der Waals surface area (Å²) in [5, 5.41) is 3.11. The lowest BCUT2D eigenvalue weighted by atomic mass is 9.95. The summed E-state index contributed by atoms with van der Waals surface area (Å²) in [6, 6.07) is 9.89. The van der Waals surface area contributed by atoms with Crippen molar-refractivity contribution in [3.05, 3.63) is 35.9 Å². The van der Waals surface area contributed by atoms with Gasteiger partial charge in [0, 0.05) is 18.7 Å². The van der Waals surface area contributed by atoms with Crippen LogP contribution in [0, 0.1) is 0 Å². The maximum Gasteiger partial charge on any atom is 0.243 e. The van der Waals surface area contributed by atoms with Crippen LogP contribution in [-0.2, 0) is 9.59 Å². The number of carbonyl (C=O) groups is 2. The molecule has 1 heterocycles. The lowest BCUT2D eigenvalue weighted by Crippen LogP contribution is -2.50. The minimum Gasteiger partial charge on any atom is -0.352 e. The fraction of sp³-hybridized carbons (Fsp3) is 0.556. The Hall–Kier alpha value is -1.49. The second-order valence-electron chi connectivity index (χ2n) is 6.38. The predicted octanol–water partition coefficient (Wildman–Crippen LogP) is 3.10. The van der Waals surface area contributed by atoms with E-state index in [-0.39, 0.29) is 29.3 Å². The van der Waals surface area contributed by atoms with Crippen LogP contribution in [0.25, 0.3) is 0 Å². The highest BCUT2D eigenvalue weighted by Crippen LogP contribution is 2.41. The van der Waals surface area contributed by atoms with Gasteiger partial charge in [0.25, 0.3) is 0 Å². The number of hydrogen-bond donors (Lipinski definition) is 1. The molecule has 0 spiro atoms. The molecule has 2 amide bonds. The Morgan fingerprint density at radius 1 is 1.13 bits per heavy atom. The average molecular weight is 332 g/mol. The molecule has 2 atom stereocenters. The maximum atomic E-state index is 12.7. The fourth-order valence-corrected chi connectivity index (χ4v) is 4.99. The van der Waals surface area contributed by atoms with Crippen molar-refractivity contribution in [3.8, 4) is 0 Å². The topological polar surface area (TPSA) is 49.4 Å². The number of benzene rings is 1. The first kappa shape index (κ1) is 16.4. The Labute approximate surface area is 142 Å². The Morgan fingerprint density at radius 3 is 2.48 bits per heavy atom. The lowest BCUT2D eigenvalue weighted by molar-refractivity contribution is -0.138. The van der Waals surface area contributed by atoms with Gasteiger partial charge in [-0.15, -0.1) is 11.8 Å². The molecule has 1 aromatic rings.